The van der Waals surface area contributed by atoms with Crippen LogP contribution in [0.2, 0.25) is 0 Å². The number of amides is 1. The van der Waals surface area contributed by atoms with E-state index in [1.807, 2.05) is 11.8 Å². The lowest BCUT2D eigenvalue weighted by Crippen LogP contribution is -2.47. The van der Waals surface area contributed by atoms with Gasteiger partial charge in [0.2, 0.25) is 5.91 Å². The third-order valence-corrected chi connectivity index (χ3v) is 5.88. The number of likely N-dealkylation sites (N-methyl/N-ethyl adjacent to an activating group) is 1. The van der Waals surface area contributed by atoms with Gasteiger partial charge in [-0.15, -0.1) is 0 Å². The van der Waals surface area contributed by atoms with Crippen LogP contribution in [0.3, 0.4) is 0 Å². The van der Waals surface area contributed by atoms with Crippen LogP contribution in [-0.2, 0) is 11.2 Å². The van der Waals surface area contributed by atoms with E-state index in [1.54, 1.807) is 0 Å². The van der Waals surface area contributed by atoms with Crippen LogP contribution in [0.1, 0.15) is 38.3 Å². The normalized spacial score (nSPS) is 20.8. The zero-order valence-corrected chi connectivity index (χ0v) is 17.5. The van der Waals surface area contributed by atoms with Crippen LogP contribution in [-0.4, -0.2) is 65.1 Å². The highest BCUT2D eigenvalue weighted by Crippen LogP contribution is 2.40. The number of carbonyl (C=O) groups excluding carboxylic acids is 1. The quantitative estimate of drug-likeness (QED) is 0.852. The molecule has 1 aliphatic heterocycles. The number of benzene rings is 1. The first kappa shape index (κ1) is 20.6. The van der Waals surface area contributed by atoms with Gasteiger partial charge in [-0.05, 0) is 56.5 Å². The molecule has 2 N–H and O–H groups in total. The van der Waals surface area contributed by atoms with E-state index in [0.29, 0.717) is 12.6 Å². The molecule has 0 fully saturated rings. The fraction of sp³-hybridized carbons (Fsp3) is 0.522. The molecule has 28 heavy (non-hydrogen) atoms. The van der Waals surface area contributed by atoms with E-state index >= 15 is 0 Å². The number of hydrogen-bond acceptors (Lipinski definition) is 3. The maximum Gasteiger partial charge on any atom is 0.230 e. The highest BCUT2D eigenvalue weighted by molar-refractivity contribution is 5.99. The smallest absolute Gasteiger partial charge is 0.230 e. The van der Waals surface area contributed by atoms with Gasteiger partial charge < -0.3 is 15.0 Å². The number of carbonyl (C=O) groups is 1. The molecule has 2 heterocycles. The van der Waals surface area contributed by atoms with Crippen molar-refractivity contribution in [1.29, 1.82) is 0 Å². The van der Waals surface area contributed by atoms with Gasteiger partial charge in [-0.25, -0.2) is 0 Å². The van der Waals surface area contributed by atoms with Gasteiger partial charge in [-0.3, -0.25) is 9.69 Å². The van der Waals surface area contributed by atoms with Crippen molar-refractivity contribution in [3.05, 3.63) is 41.6 Å². The van der Waals surface area contributed by atoms with Gasteiger partial charge in [0.1, 0.15) is 0 Å². The molecule has 0 radical (unpaired) electrons. The second-order valence-electron chi connectivity index (χ2n) is 7.66. The fourth-order valence-electron chi connectivity index (χ4n) is 4.38. The van der Waals surface area contributed by atoms with Crippen molar-refractivity contribution < 1.29 is 9.90 Å². The Balaban J connectivity index is 0.000000516. The first-order chi connectivity index (χ1) is 13.5. The second kappa shape index (κ2) is 8.93. The molecule has 0 bridgehead atoms. The van der Waals surface area contributed by atoms with E-state index in [1.165, 1.54) is 27.6 Å². The van der Waals surface area contributed by atoms with Crippen LogP contribution in [0.5, 0.6) is 0 Å². The molecule has 0 saturated heterocycles. The molecule has 5 heteroatoms. The zero-order chi connectivity index (χ0) is 20.3. The highest BCUT2D eigenvalue weighted by atomic mass is 16.2. The van der Waals surface area contributed by atoms with Crippen LogP contribution in [0, 0.1) is 5.92 Å². The summed E-state index contributed by atoms with van der Waals surface area (Å²) in [4.78, 5) is 20.6. The lowest BCUT2D eigenvalue weighted by atomic mass is 9.79. The van der Waals surface area contributed by atoms with Gasteiger partial charge >= 0.3 is 0 Å². The number of rotatable bonds is 4. The fourth-order valence-corrected chi connectivity index (χ4v) is 4.38. The Bertz CT molecular complexity index is 849. The molecule has 152 valence electrons. The van der Waals surface area contributed by atoms with Crippen molar-refractivity contribution in [2.45, 2.75) is 39.7 Å². The average molecular weight is 384 g/mol. The van der Waals surface area contributed by atoms with E-state index in [4.69, 9.17) is 5.11 Å². The van der Waals surface area contributed by atoms with Gasteiger partial charge in [0.05, 0.1) is 5.92 Å². The van der Waals surface area contributed by atoms with E-state index < -0.39 is 0 Å². The lowest BCUT2D eigenvalue weighted by molar-refractivity contribution is -0.134. The summed E-state index contributed by atoms with van der Waals surface area (Å²) < 4.78 is 0. The van der Waals surface area contributed by atoms with Crippen LogP contribution >= 0.6 is 0 Å². The first-order valence-corrected chi connectivity index (χ1v) is 10.5. The molecular formula is C23H33N3O2. The number of H-pyrrole nitrogens is 1. The predicted octanol–water partition coefficient (Wildman–Crippen LogP) is 3.29. The first-order valence-electron chi connectivity index (χ1n) is 10.5. The van der Waals surface area contributed by atoms with Crippen LogP contribution in [0.4, 0.5) is 0 Å². The summed E-state index contributed by atoms with van der Waals surface area (Å²) in [5, 5.41) is 9.21. The number of fused-ring (bicyclic) bond motifs is 2. The lowest BCUT2D eigenvalue weighted by Gasteiger charge is -2.40. The highest BCUT2D eigenvalue weighted by Gasteiger charge is 2.36. The Labute approximate surface area is 168 Å². The summed E-state index contributed by atoms with van der Waals surface area (Å²) in [7, 11) is 2.15. The van der Waals surface area contributed by atoms with Crippen molar-refractivity contribution in [3.63, 3.8) is 0 Å². The minimum absolute atomic E-state index is 0.0445. The summed E-state index contributed by atoms with van der Waals surface area (Å²) in [6.07, 6.45) is 6.29. The molecule has 1 amide bonds. The zero-order valence-electron chi connectivity index (χ0n) is 17.5. The standard InChI is InChI=1S/C20H25N3O.C3H8O/c1-4-23(5-2)20(24)14-9-16-15-7-6-8-17-19(15)13(11-21-17)10-18(16)22(3)12-14;1-2-3-4/h6-9,11,14,18,21H,4-5,10,12H2,1-3H3;4H,2-3H2,1H3/t14-,18-;/m1./s1. The topological polar surface area (TPSA) is 59.6 Å². The van der Waals surface area contributed by atoms with Crippen molar-refractivity contribution in [2.24, 2.45) is 5.92 Å². The number of aliphatic hydroxyl groups excluding tert-OH is 1. The largest absolute Gasteiger partial charge is 0.396 e. The number of aliphatic hydroxyl groups is 1. The van der Waals surface area contributed by atoms with Gasteiger partial charge in [-0.2, -0.15) is 0 Å². The summed E-state index contributed by atoms with van der Waals surface area (Å²) in [6.45, 7) is 8.72. The summed E-state index contributed by atoms with van der Waals surface area (Å²) in [5.74, 6) is 0.210. The van der Waals surface area contributed by atoms with Gasteiger partial charge in [0.25, 0.3) is 0 Å². The molecular weight excluding hydrogens is 350 g/mol. The van der Waals surface area contributed by atoms with Gasteiger partial charge in [0, 0.05) is 49.4 Å². The van der Waals surface area contributed by atoms with Crippen LogP contribution in [0.25, 0.3) is 16.5 Å². The van der Waals surface area contributed by atoms with Crippen molar-refractivity contribution in [3.8, 4) is 0 Å². The molecule has 2 aromatic rings. The molecule has 0 saturated carbocycles. The molecule has 2 atom stereocenters. The SMILES string of the molecule is CCCO.CCN(CC)C(=O)[C@@H]1C=C2c3cccc4[nH]cc(c34)C[C@H]2N(C)C1. The van der Waals surface area contributed by atoms with Crippen molar-refractivity contribution in [1.82, 2.24) is 14.8 Å². The Morgan fingerprint density at radius 3 is 2.64 bits per heavy atom. The van der Waals surface area contributed by atoms with Gasteiger partial charge in [-0.1, -0.05) is 25.1 Å². The van der Waals surface area contributed by atoms with E-state index in [9.17, 15) is 4.79 Å². The van der Waals surface area contributed by atoms with E-state index in [0.717, 1.165) is 32.5 Å². The Morgan fingerprint density at radius 2 is 2.00 bits per heavy atom. The number of aromatic amines is 1. The van der Waals surface area contributed by atoms with Crippen molar-refractivity contribution in [2.75, 3.05) is 33.3 Å². The Morgan fingerprint density at radius 1 is 1.29 bits per heavy atom. The molecule has 5 nitrogen and oxygen atoms in total. The minimum atomic E-state index is -0.0445. The summed E-state index contributed by atoms with van der Waals surface area (Å²) in [5.41, 5.74) is 5.21. The number of nitrogens with one attached hydrogen (secondary N) is 1. The van der Waals surface area contributed by atoms with E-state index in [-0.39, 0.29) is 11.8 Å². The molecule has 1 aliphatic carbocycles. The maximum absolute atomic E-state index is 12.9. The van der Waals surface area contributed by atoms with E-state index in [2.05, 4.69) is 61.3 Å². The molecule has 0 spiro atoms. The summed E-state index contributed by atoms with van der Waals surface area (Å²) >= 11 is 0. The number of nitrogens with zero attached hydrogens (tertiary/aromatic N) is 2. The Hall–Kier alpha value is -2.11. The molecule has 2 aliphatic rings. The predicted molar refractivity (Wildman–Crippen MR) is 115 cm³/mol. The van der Waals surface area contributed by atoms with Crippen molar-refractivity contribution >= 4 is 22.4 Å². The molecule has 0 unspecified atom stereocenters. The average Bonchev–Trinajstić information content (AvgIpc) is 3.14. The third-order valence-electron chi connectivity index (χ3n) is 5.88. The van der Waals surface area contributed by atoms with Crippen LogP contribution in [0.15, 0.2) is 30.5 Å². The van der Waals surface area contributed by atoms with Crippen LogP contribution < -0.4 is 0 Å². The monoisotopic (exact) mass is 383 g/mol. The molecule has 4 rings (SSSR count). The molecule has 1 aromatic carbocycles. The minimum Gasteiger partial charge on any atom is -0.396 e. The van der Waals surface area contributed by atoms with Gasteiger partial charge in [0.15, 0.2) is 0 Å². The number of aromatic nitrogens is 1. The third kappa shape index (κ3) is 3.74. The maximum atomic E-state index is 12.9. The summed E-state index contributed by atoms with van der Waals surface area (Å²) in [6, 6.07) is 6.82. The Kier molecular flexibility index (Phi) is 6.57. The second-order valence-corrected chi connectivity index (χ2v) is 7.66. The number of hydrogen-bond donors (Lipinski definition) is 2. The molecule has 1 aromatic heterocycles.